The molecular formula is C15H19N3O. The highest BCUT2D eigenvalue weighted by Crippen LogP contribution is 2.32. The lowest BCUT2D eigenvalue weighted by Gasteiger charge is -2.09. The summed E-state index contributed by atoms with van der Waals surface area (Å²) in [4.78, 5) is 4.42. The maximum Gasteiger partial charge on any atom is 0.240 e. The van der Waals surface area contributed by atoms with E-state index in [1.165, 1.54) is 18.4 Å². The second-order valence-corrected chi connectivity index (χ2v) is 5.27. The van der Waals surface area contributed by atoms with Crippen molar-refractivity contribution in [2.75, 3.05) is 0 Å². The fourth-order valence-corrected chi connectivity index (χ4v) is 2.22. The number of nitrogens with one attached hydrogen (secondary N) is 1. The predicted octanol–water partition coefficient (Wildman–Crippen LogP) is 2.55. The van der Waals surface area contributed by atoms with Crippen LogP contribution >= 0.6 is 0 Å². The van der Waals surface area contributed by atoms with E-state index >= 15 is 0 Å². The lowest BCUT2D eigenvalue weighted by molar-refractivity contribution is 0.351. The molecule has 1 atom stereocenters. The van der Waals surface area contributed by atoms with Crippen LogP contribution in [-0.4, -0.2) is 16.2 Å². The van der Waals surface area contributed by atoms with Gasteiger partial charge in [0, 0.05) is 12.5 Å². The van der Waals surface area contributed by atoms with Crippen LogP contribution in [0.1, 0.15) is 37.0 Å². The molecule has 0 bridgehead atoms. The van der Waals surface area contributed by atoms with Gasteiger partial charge in [-0.15, -0.1) is 0 Å². The van der Waals surface area contributed by atoms with Gasteiger partial charge in [0.15, 0.2) is 5.82 Å². The Morgan fingerprint density at radius 2 is 2.11 bits per heavy atom. The van der Waals surface area contributed by atoms with Gasteiger partial charge in [0.25, 0.3) is 0 Å². The van der Waals surface area contributed by atoms with Crippen molar-refractivity contribution >= 4 is 0 Å². The molecule has 1 fully saturated rings. The highest BCUT2D eigenvalue weighted by Gasteiger charge is 2.27. The first-order valence-electron chi connectivity index (χ1n) is 6.90. The Hall–Kier alpha value is -1.68. The van der Waals surface area contributed by atoms with Crippen molar-refractivity contribution in [3.63, 3.8) is 0 Å². The summed E-state index contributed by atoms with van der Waals surface area (Å²) < 4.78 is 5.26. The number of benzene rings is 1. The van der Waals surface area contributed by atoms with E-state index in [1.807, 2.05) is 18.2 Å². The predicted molar refractivity (Wildman–Crippen MR) is 72.6 cm³/mol. The fraction of sp³-hybridized carbons (Fsp3) is 0.467. The van der Waals surface area contributed by atoms with E-state index in [-0.39, 0.29) is 0 Å². The number of nitrogens with zero attached hydrogens (tertiary/aromatic N) is 2. The zero-order chi connectivity index (χ0) is 13.1. The van der Waals surface area contributed by atoms with E-state index in [0.29, 0.717) is 18.5 Å². The first-order chi connectivity index (χ1) is 9.31. The summed E-state index contributed by atoms with van der Waals surface area (Å²) in [5, 5.41) is 7.47. The Kier molecular flexibility index (Phi) is 3.60. The first-order valence-corrected chi connectivity index (χ1v) is 6.90. The molecule has 100 valence electrons. The molecule has 1 aromatic heterocycles. The molecule has 0 radical (unpaired) electrons. The monoisotopic (exact) mass is 257 g/mol. The first kappa shape index (κ1) is 12.4. The minimum absolute atomic E-state index is 0.546. The van der Waals surface area contributed by atoms with Crippen molar-refractivity contribution < 1.29 is 4.52 Å². The Labute approximate surface area is 113 Å². The second-order valence-electron chi connectivity index (χ2n) is 5.27. The second kappa shape index (κ2) is 5.53. The van der Waals surface area contributed by atoms with Crippen LogP contribution in [0.3, 0.4) is 0 Å². The third-order valence-corrected chi connectivity index (χ3v) is 3.62. The SMILES string of the molecule is CC(NCc1nc(Cc2ccccc2)no1)C1CC1. The molecule has 0 amide bonds. The van der Waals surface area contributed by atoms with Gasteiger partial charge < -0.3 is 9.84 Å². The Morgan fingerprint density at radius 3 is 2.84 bits per heavy atom. The van der Waals surface area contributed by atoms with Gasteiger partial charge >= 0.3 is 0 Å². The van der Waals surface area contributed by atoms with Crippen molar-refractivity contribution in [2.24, 2.45) is 5.92 Å². The van der Waals surface area contributed by atoms with Crippen molar-refractivity contribution in [1.82, 2.24) is 15.5 Å². The Balaban J connectivity index is 1.54. The number of aromatic nitrogens is 2. The van der Waals surface area contributed by atoms with Gasteiger partial charge in [-0.1, -0.05) is 35.5 Å². The fourth-order valence-electron chi connectivity index (χ4n) is 2.22. The van der Waals surface area contributed by atoms with E-state index in [2.05, 4.69) is 34.5 Å². The van der Waals surface area contributed by atoms with Gasteiger partial charge in [-0.05, 0) is 31.2 Å². The van der Waals surface area contributed by atoms with E-state index in [4.69, 9.17) is 4.52 Å². The van der Waals surface area contributed by atoms with Gasteiger partial charge in [-0.25, -0.2) is 0 Å². The Bertz CT molecular complexity index is 519. The van der Waals surface area contributed by atoms with Crippen LogP contribution in [0.4, 0.5) is 0 Å². The molecule has 0 spiro atoms. The van der Waals surface area contributed by atoms with E-state index < -0.39 is 0 Å². The number of hydrogen-bond acceptors (Lipinski definition) is 4. The van der Waals surface area contributed by atoms with Crippen LogP contribution in [-0.2, 0) is 13.0 Å². The third kappa shape index (κ3) is 3.41. The summed E-state index contributed by atoms with van der Waals surface area (Å²) in [5.41, 5.74) is 1.20. The average molecular weight is 257 g/mol. The standard InChI is InChI=1S/C15H19N3O/c1-11(13-7-8-13)16-10-15-17-14(18-19-15)9-12-5-3-2-4-6-12/h2-6,11,13,16H,7-10H2,1H3. The molecule has 1 N–H and O–H groups in total. The van der Waals surface area contributed by atoms with Gasteiger partial charge in [0.1, 0.15) is 0 Å². The molecule has 1 aliphatic rings. The maximum absolute atomic E-state index is 5.26. The van der Waals surface area contributed by atoms with Crippen LogP contribution in [0.5, 0.6) is 0 Å². The lowest BCUT2D eigenvalue weighted by Crippen LogP contribution is -2.27. The number of hydrogen-bond donors (Lipinski definition) is 1. The van der Waals surface area contributed by atoms with Crippen molar-refractivity contribution in [3.8, 4) is 0 Å². The summed E-state index contributed by atoms with van der Waals surface area (Å²) in [6.45, 7) is 2.89. The van der Waals surface area contributed by atoms with Gasteiger partial charge in [0.05, 0.1) is 6.54 Å². The summed E-state index contributed by atoms with van der Waals surface area (Å²) in [6, 6.07) is 10.7. The molecule has 4 heteroatoms. The molecule has 1 aliphatic carbocycles. The minimum atomic E-state index is 0.546. The van der Waals surface area contributed by atoms with Crippen molar-refractivity contribution in [1.29, 1.82) is 0 Å². The van der Waals surface area contributed by atoms with Crippen LogP contribution in [0.2, 0.25) is 0 Å². The minimum Gasteiger partial charge on any atom is -0.338 e. The number of rotatable bonds is 6. The zero-order valence-electron chi connectivity index (χ0n) is 11.2. The molecule has 2 aromatic rings. The van der Waals surface area contributed by atoms with Gasteiger partial charge in [-0.3, -0.25) is 0 Å². The van der Waals surface area contributed by atoms with E-state index in [9.17, 15) is 0 Å². The van der Waals surface area contributed by atoms with Crippen LogP contribution in [0, 0.1) is 5.92 Å². The average Bonchev–Trinajstić information content (AvgIpc) is 3.19. The summed E-state index contributed by atoms with van der Waals surface area (Å²) >= 11 is 0. The molecule has 3 rings (SSSR count). The van der Waals surface area contributed by atoms with Crippen LogP contribution in [0.15, 0.2) is 34.9 Å². The van der Waals surface area contributed by atoms with Gasteiger partial charge in [0.2, 0.25) is 5.89 Å². The lowest BCUT2D eigenvalue weighted by atomic mass is 10.1. The summed E-state index contributed by atoms with van der Waals surface area (Å²) in [7, 11) is 0. The molecule has 4 nitrogen and oxygen atoms in total. The smallest absolute Gasteiger partial charge is 0.240 e. The third-order valence-electron chi connectivity index (χ3n) is 3.62. The van der Waals surface area contributed by atoms with Gasteiger partial charge in [-0.2, -0.15) is 4.98 Å². The van der Waals surface area contributed by atoms with Crippen LogP contribution < -0.4 is 5.32 Å². The van der Waals surface area contributed by atoms with Crippen molar-refractivity contribution in [3.05, 3.63) is 47.6 Å². The molecule has 19 heavy (non-hydrogen) atoms. The normalized spacial score (nSPS) is 16.5. The van der Waals surface area contributed by atoms with Crippen molar-refractivity contribution in [2.45, 2.75) is 38.8 Å². The molecule has 0 saturated heterocycles. The van der Waals surface area contributed by atoms with Crippen LogP contribution in [0.25, 0.3) is 0 Å². The summed E-state index contributed by atoms with van der Waals surface area (Å²) in [5.74, 6) is 2.27. The molecule has 1 unspecified atom stereocenters. The molecule has 1 saturated carbocycles. The molecule has 1 aromatic carbocycles. The van der Waals surface area contributed by atoms with E-state index in [0.717, 1.165) is 18.2 Å². The maximum atomic E-state index is 5.26. The Morgan fingerprint density at radius 1 is 1.32 bits per heavy atom. The molecular weight excluding hydrogens is 238 g/mol. The van der Waals surface area contributed by atoms with E-state index in [1.54, 1.807) is 0 Å². The largest absolute Gasteiger partial charge is 0.338 e. The topological polar surface area (TPSA) is 51.0 Å². The highest BCUT2D eigenvalue weighted by molar-refractivity contribution is 5.18. The summed E-state index contributed by atoms with van der Waals surface area (Å²) in [6.07, 6.45) is 3.41. The quantitative estimate of drug-likeness (QED) is 0.864. The molecule has 1 heterocycles. The highest BCUT2D eigenvalue weighted by atomic mass is 16.5. The zero-order valence-corrected chi connectivity index (χ0v) is 11.2. The molecule has 0 aliphatic heterocycles.